The number of nitrogens with two attached hydrogens (primary N) is 1. The Labute approximate surface area is 148 Å². The van der Waals surface area contributed by atoms with E-state index < -0.39 is 0 Å². The Kier molecular flexibility index (Phi) is 5.14. The molecule has 130 valence electrons. The van der Waals surface area contributed by atoms with Crippen molar-refractivity contribution < 1.29 is 0 Å². The lowest BCUT2D eigenvalue weighted by molar-refractivity contribution is 0.265. The molecule has 5 heteroatoms. The summed E-state index contributed by atoms with van der Waals surface area (Å²) in [5, 5.41) is 4.20. The zero-order valence-corrected chi connectivity index (χ0v) is 15.0. The number of nitrogens with one attached hydrogen (secondary N) is 1. The Morgan fingerprint density at radius 2 is 1.68 bits per heavy atom. The van der Waals surface area contributed by atoms with Gasteiger partial charge in [-0.1, -0.05) is 36.4 Å². The summed E-state index contributed by atoms with van der Waals surface area (Å²) in [6.45, 7) is 5.98. The number of hydrogen-bond donors (Lipinski definition) is 2. The zero-order valence-electron chi connectivity index (χ0n) is 15.0. The van der Waals surface area contributed by atoms with Crippen molar-refractivity contribution in [3.8, 4) is 0 Å². The third-order valence-electron chi connectivity index (χ3n) is 4.49. The molecule has 0 radical (unpaired) electrons. The topological polar surface area (TPSA) is 67.1 Å². The molecule has 3 aromatic rings. The smallest absolute Gasteiger partial charge is 0.225 e. The van der Waals surface area contributed by atoms with Crippen LogP contribution in [0.3, 0.4) is 0 Å². The quantitative estimate of drug-likeness (QED) is 0.719. The maximum atomic E-state index is 6.06. The van der Waals surface area contributed by atoms with E-state index >= 15 is 0 Å². The van der Waals surface area contributed by atoms with Gasteiger partial charge in [0.15, 0.2) is 0 Å². The number of para-hydroxylation sites is 1. The van der Waals surface area contributed by atoms with Crippen LogP contribution in [-0.4, -0.2) is 28.0 Å². The van der Waals surface area contributed by atoms with Gasteiger partial charge in [0, 0.05) is 24.5 Å². The Morgan fingerprint density at radius 1 is 1.00 bits per heavy atom. The van der Waals surface area contributed by atoms with Gasteiger partial charge in [-0.2, -0.15) is 4.98 Å². The minimum Gasteiger partial charge on any atom is -0.383 e. The first kappa shape index (κ1) is 17.2. The number of benzene rings is 2. The van der Waals surface area contributed by atoms with Crippen LogP contribution in [0.4, 0.5) is 11.8 Å². The maximum Gasteiger partial charge on any atom is 0.225 e. The van der Waals surface area contributed by atoms with E-state index in [1.165, 1.54) is 11.1 Å². The molecule has 0 unspecified atom stereocenters. The second kappa shape index (κ2) is 7.49. The van der Waals surface area contributed by atoms with Crippen LogP contribution in [0.15, 0.2) is 48.5 Å². The van der Waals surface area contributed by atoms with Crippen molar-refractivity contribution in [1.29, 1.82) is 0 Å². The molecule has 0 aliphatic heterocycles. The minimum absolute atomic E-state index is 0.501. The molecule has 2 aromatic carbocycles. The minimum atomic E-state index is 0.501. The highest BCUT2D eigenvalue weighted by Crippen LogP contribution is 2.20. The Bertz CT molecular complexity index is 860. The van der Waals surface area contributed by atoms with Gasteiger partial charge in [0.1, 0.15) is 5.82 Å². The third kappa shape index (κ3) is 4.06. The number of rotatable bonds is 6. The van der Waals surface area contributed by atoms with Gasteiger partial charge in [-0.25, -0.2) is 4.98 Å². The van der Waals surface area contributed by atoms with Gasteiger partial charge < -0.3 is 11.1 Å². The lowest BCUT2D eigenvalue weighted by Crippen LogP contribution is -2.26. The van der Waals surface area contributed by atoms with Crippen molar-refractivity contribution in [2.24, 2.45) is 0 Å². The van der Waals surface area contributed by atoms with Crippen molar-refractivity contribution in [3.63, 3.8) is 0 Å². The van der Waals surface area contributed by atoms with Crippen LogP contribution < -0.4 is 11.1 Å². The molecule has 0 spiro atoms. The lowest BCUT2D eigenvalue weighted by Gasteiger charge is -2.22. The molecule has 0 aliphatic carbocycles. The summed E-state index contributed by atoms with van der Waals surface area (Å²) in [4.78, 5) is 11.3. The molecule has 1 heterocycles. The third-order valence-corrected chi connectivity index (χ3v) is 4.49. The zero-order chi connectivity index (χ0) is 17.8. The van der Waals surface area contributed by atoms with Gasteiger partial charge in [-0.3, -0.25) is 4.90 Å². The average molecular weight is 335 g/mol. The Morgan fingerprint density at radius 3 is 2.44 bits per heavy atom. The lowest BCUT2D eigenvalue weighted by atomic mass is 10.1. The highest BCUT2D eigenvalue weighted by atomic mass is 15.1. The summed E-state index contributed by atoms with van der Waals surface area (Å²) in [6.07, 6.45) is 0. The number of hydrogen-bond acceptors (Lipinski definition) is 5. The van der Waals surface area contributed by atoms with Crippen LogP contribution in [0.1, 0.15) is 25.0 Å². The van der Waals surface area contributed by atoms with E-state index in [9.17, 15) is 0 Å². The normalized spacial score (nSPS) is 11.4. The second-order valence-electron chi connectivity index (χ2n) is 6.58. The fourth-order valence-corrected chi connectivity index (χ4v) is 2.69. The van der Waals surface area contributed by atoms with Gasteiger partial charge in [0.25, 0.3) is 0 Å². The Hall–Kier alpha value is -2.66. The predicted octanol–water partition coefficient (Wildman–Crippen LogP) is 3.66. The van der Waals surface area contributed by atoms with Crippen molar-refractivity contribution in [2.45, 2.75) is 33.0 Å². The molecule has 0 saturated carbocycles. The molecule has 3 rings (SSSR count). The first-order valence-electron chi connectivity index (χ1n) is 8.57. The highest BCUT2D eigenvalue weighted by Gasteiger charge is 2.09. The van der Waals surface area contributed by atoms with Gasteiger partial charge in [-0.15, -0.1) is 0 Å². The first-order valence-corrected chi connectivity index (χ1v) is 8.57. The molecule has 5 nitrogen and oxygen atoms in total. The van der Waals surface area contributed by atoms with Crippen LogP contribution in [0.25, 0.3) is 10.9 Å². The van der Waals surface area contributed by atoms with E-state index in [-0.39, 0.29) is 0 Å². The molecule has 0 fully saturated rings. The van der Waals surface area contributed by atoms with E-state index in [4.69, 9.17) is 5.73 Å². The van der Waals surface area contributed by atoms with Crippen LogP contribution in [0.5, 0.6) is 0 Å². The SMILES string of the molecule is CC(C)N(C)Cc1ccccc1CNc1nc(N)c2ccccc2n1. The van der Waals surface area contributed by atoms with Crippen LogP contribution in [0, 0.1) is 0 Å². The number of nitrogen functional groups attached to an aromatic ring is 1. The summed E-state index contributed by atoms with van der Waals surface area (Å²) in [7, 11) is 2.14. The fraction of sp³-hybridized carbons (Fsp3) is 0.300. The van der Waals surface area contributed by atoms with Crippen LogP contribution >= 0.6 is 0 Å². The summed E-state index contributed by atoms with van der Waals surface area (Å²) in [5.41, 5.74) is 9.46. The van der Waals surface area contributed by atoms with Gasteiger partial charge in [-0.05, 0) is 44.2 Å². The summed E-state index contributed by atoms with van der Waals surface area (Å²) in [6, 6.07) is 16.7. The molecule has 0 bridgehead atoms. The van der Waals surface area contributed by atoms with Crippen LogP contribution in [-0.2, 0) is 13.1 Å². The van der Waals surface area contributed by atoms with Gasteiger partial charge in [0.2, 0.25) is 5.95 Å². The number of aromatic nitrogens is 2. The maximum absolute atomic E-state index is 6.06. The van der Waals surface area contributed by atoms with E-state index in [1.54, 1.807) is 0 Å². The first-order chi connectivity index (χ1) is 12.0. The van der Waals surface area contributed by atoms with E-state index in [0.717, 1.165) is 17.4 Å². The molecule has 3 N–H and O–H groups in total. The van der Waals surface area contributed by atoms with Crippen molar-refractivity contribution in [3.05, 3.63) is 59.7 Å². The summed E-state index contributed by atoms with van der Waals surface area (Å²) < 4.78 is 0. The van der Waals surface area contributed by atoms with Crippen LogP contribution in [0.2, 0.25) is 0 Å². The number of fused-ring (bicyclic) bond motifs is 1. The van der Waals surface area contributed by atoms with E-state index in [0.29, 0.717) is 24.4 Å². The monoisotopic (exact) mass is 335 g/mol. The molecule has 0 atom stereocenters. The fourth-order valence-electron chi connectivity index (χ4n) is 2.69. The van der Waals surface area contributed by atoms with Crippen molar-refractivity contribution in [2.75, 3.05) is 18.1 Å². The molecule has 0 amide bonds. The summed E-state index contributed by atoms with van der Waals surface area (Å²) >= 11 is 0. The number of anilines is 2. The van der Waals surface area contributed by atoms with Gasteiger partial charge >= 0.3 is 0 Å². The largest absolute Gasteiger partial charge is 0.383 e. The molecule has 0 aliphatic rings. The number of nitrogens with zero attached hydrogens (tertiary/aromatic N) is 3. The predicted molar refractivity (Wildman–Crippen MR) is 104 cm³/mol. The van der Waals surface area contributed by atoms with E-state index in [2.05, 4.69) is 65.3 Å². The summed E-state index contributed by atoms with van der Waals surface area (Å²) in [5.74, 6) is 1.06. The molecular formula is C20H25N5. The molecule has 0 saturated heterocycles. The van der Waals surface area contributed by atoms with E-state index in [1.807, 2.05) is 24.3 Å². The highest BCUT2D eigenvalue weighted by molar-refractivity contribution is 5.88. The average Bonchev–Trinajstić information content (AvgIpc) is 2.61. The molecular weight excluding hydrogens is 310 g/mol. The second-order valence-corrected chi connectivity index (χ2v) is 6.58. The van der Waals surface area contributed by atoms with Crippen molar-refractivity contribution in [1.82, 2.24) is 14.9 Å². The van der Waals surface area contributed by atoms with Gasteiger partial charge in [0.05, 0.1) is 5.52 Å². The Balaban J connectivity index is 1.78. The molecule has 25 heavy (non-hydrogen) atoms. The molecule has 1 aromatic heterocycles. The standard InChI is InChI=1S/C20H25N5/c1-14(2)25(3)13-16-9-5-4-8-15(16)12-22-20-23-18-11-7-6-10-17(18)19(21)24-20/h4-11,14H,12-13H2,1-3H3,(H3,21,22,23,24). The van der Waals surface area contributed by atoms with Crippen molar-refractivity contribution >= 4 is 22.7 Å².